The standard InChI is InChI=1S/C19H25NO3/c1-14-9-15(2)11-18(10-14)22-7-8-23-19-12-17(21-4)6-5-16(19)13-20-3/h5-6,9-12,20H,7-8,13H2,1-4H3. The fraction of sp³-hybridized carbons (Fsp3) is 0.368. The fourth-order valence-electron chi connectivity index (χ4n) is 2.46. The molecule has 0 saturated carbocycles. The molecule has 2 rings (SSSR count). The summed E-state index contributed by atoms with van der Waals surface area (Å²) in [4.78, 5) is 0. The lowest BCUT2D eigenvalue weighted by Gasteiger charge is -2.14. The molecule has 4 heteroatoms. The zero-order valence-corrected chi connectivity index (χ0v) is 14.3. The Labute approximate surface area is 138 Å². The van der Waals surface area contributed by atoms with Gasteiger partial charge in [-0.2, -0.15) is 0 Å². The summed E-state index contributed by atoms with van der Waals surface area (Å²) in [5.74, 6) is 2.49. The summed E-state index contributed by atoms with van der Waals surface area (Å²) in [5, 5.41) is 3.14. The smallest absolute Gasteiger partial charge is 0.127 e. The van der Waals surface area contributed by atoms with E-state index in [1.807, 2.05) is 37.4 Å². The highest BCUT2D eigenvalue weighted by Crippen LogP contribution is 2.25. The van der Waals surface area contributed by atoms with Crippen LogP contribution in [0.5, 0.6) is 17.2 Å². The zero-order chi connectivity index (χ0) is 16.7. The van der Waals surface area contributed by atoms with Crippen LogP contribution < -0.4 is 19.5 Å². The molecule has 0 aliphatic carbocycles. The highest BCUT2D eigenvalue weighted by molar-refractivity contribution is 5.40. The molecule has 0 aromatic heterocycles. The molecule has 2 aromatic carbocycles. The van der Waals surface area contributed by atoms with Crippen molar-refractivity contribution >= 4 is 0 Å². The molecule has 1 N–H and O–H groups in total. The maximum atomic E-state index is 5.87. The lowest BCUT2D eigenvalue weighted by molar-refractivity contribution is 0.215. The van der Waals surface area contributed by atoms with Gasteiger partial charge in [0, 0.05) is 18.2 Å². The van der Waals surface area contributed by atoms with Gasteiger partial charge in [-0.1, -0.05) is 12.1 Å². The highest BCUT2D eigenvalue weighted by atomic mass is 16.5. The number of ether oxygens (including phenoxy) is 3. The van der Waals surface area contributed by atoms with E-state index in [9.17, 15) is 0 Å². The first-order valence-corrected chi connectivity index (χ1v) is 7.78. The van der Waals surface area contributed by atoms with E-state index in [0.29, 0.717) is 13.2 Å². The van der Waals surface area contributed by atoms with Crippen molar-refractivity contribution in [1.29, 1.82) is 0 Å². The molecule has 0 heterocycles. The first kappa shape index (κ1) is 17.2. The van der Waals surface area contributed by atoms with Crippen molar-refractivity contribution in [2.24, 2.45) is 0 Å². The number of benzene rings is 2. The molecule has 2 aromatic rings. The van der Waals surface area contributed by atoms with Crippen LogP contribution in [0.25, 0.3) is 0 Å². The monoisotopic (exact) mass is 315 g/mol. The van der Waals surface area contributed by atoms with Gasteiger partial charge in [-0.3, -0.25) is 0 Å². The van der Waals surface area contributed by atoms with Crippen molar-refractivity contribution < 1.29 is 14.2 Å². The summed E-state index contributed by atoms with van der Waals surface area (Å²) >= 11 is 0. The quantitative estimate of drug-likeness (QED) is 0.757. The molecule has 0 radical (unpaired) electrons. The topological polar surface area (TPSA) is 39.7 Å². The van der Waals surface area contributed by atoms with Crippen LogP contribution in [0, 0.1) is 13.8 Å². The van der Waals surface area contributed by atoms with Gasteiger partial charge >= 0.3 is 0 Å². The zero-order valence-electron chi connectivity index (χ0n) is 14.3. The first-order chi connectivity index (χ1) is 11.1. The minimum absolute atomic E-state index is 0.483. The average molecular weight is 315 g/mol. The van der Waals surface area contributed by atoms with E-state index in [0.717, 1.165) is 29.4 Å². The molecule has 0 spiro atoms. The second kappa shape index (κ2) is 8.44. The SMILES string of the molecule is CNCc1ccc(OC)cc1OCCOc1cc(C)cc(C)c1. The third-order valence-corrected chi connectivity index (χ3v) is 3.45. The van der Waals surface area contributed by atoms with Gasteiger partial charge in [0.15, 0.2) is 0 Å². The third-order valence-electron chi connectivity index (χ3n) is 3.45. The van der Waals surface area contributed by atoms with Gasteiger partial charge in [0.2, 0.25) is 0 Å². The third kappa shape index (κ3) is 5.18. The first-order valence-electron chi connectivity index (χ1n) is 7.78. The van der Waals surface area contributed by atoms with Crippen LogP contribution in [0.15, 0.2) is 36.4 Å². The summed E-state index contributed by atoms with van der Waals surface area (Å²) in [6.45, 7) is 5.86. The summed E-state index contributed by atoms with van der Waals surface area (Å²) in [6, 6.07) is 12.0. The maximum absolute atomic E-state index is 5.87. The van der Waals surface area contributed by atoms with Gasteiger partial charge in [0.25, 0.3) is 0 Å². The van der Waals surface area contributed by atoms with E-state index in [2.05, 4.69) is 25.2 Å². The Morgan fingerprint density at radius 2 is 1.57 bits per heavy atom. The van der Waals surface area contributed by atoms with Crippen molar-refractivity contribution in [1.82, 2.24) is 5.32 Å². The van der Waals surface area contributed by atoms with Gasteiger partial charge in [0.1, 0.15) is 30.5 Å². The van der Waals surface area contributed by atoms with Gasteiger partial charge in [-0.05, 0) is 50.2 Å². The summed E-state index contributed by atoms with van der Waals surface area (Å²) in [5.41, 5.74) is 3.50. The number of aryl methyl sites for hydroxylation is 2. The predicted molar refractivity (Wildman–Crippen MR) is 92.7 cm³/mol. The second-order valence-corrected chi connectivity index (χ2v) is 5.52. The van der Waals surface area contributed by atoms with Crippen molar-refractivity contribution in [2.75, 3.05) is 27.4 Å². The fourth-order valence-corrected chi connectivity index (χ4v) is 2.46. The molecule has 4 nitrogen and oxygen atoms in total. The number of hydrogen-bond donors (Lipinski definition) is 1. The normalized spacial score (nSPS) is 10.4. The Bertz CT molecular complexity index is 620. The molecular weight excluding hydrogens is 290 g/mol. The molecule has 23 heavy (non-hydrogen) atoms. The molecule has 0 atom stereocenters. The molecule has 0 unspecified atom stereocenters. The van der Waals surface area contributed by atoms with Crippen LogP contribution in [0.4, 0.5) is 0 Å². The van der Waals surface area contributed by atoms with Crippen LogP contribution in [-0.4, -0.2) is 27.4 Å². The molecular formula is C19H25NO3. The number of methoxy groups -OCH3 is 1. The van der Waals surface area contributed by atoms with Crippen LogP contribution in [-0.2, 0) is 6.54 Å². The maximum Gasteiger partial charge on any atom is 0.127 e. The van der Waals surface area contributed by atoms with Crippen molar-refractivity contribution in [2.45, 2.75) is 20.4 Å². The van der Waals surface area contributed by atoms with Crippen LogP contribution >= 0.6 is 0 Å². The van der Waals surface area contributed by atoms with Gasteiger partial charge < -0.3 is 19.5 Å². The average Bonchev–Trinajstić information content (AvgIpc) is 2.52. The summed E-state index contributed by atoms with van der Waals surface area (Å²) < 4.78 is 16.9. The minimum Gasteiger partial charge on any atom is -0.497 e. The van der Waals surface area contributed by atoms with Gasteiger partial charge in [0.05, 0.1) is 7.11 Å². The number of hydrogen-bond acceptors (Lipinski definition) is 4. The lowest BCUT2D eigenvalue weighted by Crippen LogP contribution is -2.12. The molecule has 0 amide bonds. The van der Waals surface area contributed by atoms with E-state index in [4.69, 9.17) is 14.2 Å². The van der Waals surface area contributed by atoms with Crippen molar-refractivity contribution in [3.05, 3.63) is 53.1 Å². The summed E-state index contributed by atoms with van der Waals surface area (Å²) in [6.07, 6.45) is 0. The largest absolute Gasteiger partial charge is 0.497 e. The number of nitrogens with one attached hydrogen (secondary N) is 1. The van der Waals surface area contributed by atoms with Crippen LogP contribution in [0.2, 0.25) is 0 Å². The predicted octanol–water partition coefficient (Wildman–Crippen LogP) is 3.49. The lowest BCUT2D eigenvalue weighted by atomic mass is 10.1. The van der Waals surface area contributed by atoms with Crippen LogP contribution in [0.1, 0.15) is 16.7 Å². The Hall–Kier alpha value is -2.20. The Morgan fingerprint density at radius 3 is 2.22 bits per heavy atom. The molecule has 0 bridgehead atoms. The van der Waals surface area contributed by atoms with E-state index in [1.54, 1.807) is 7.11 Å². The van der Waals surface area contributed by atoms with Crippen molar-refractivity contribution in [3.8, 4) is 17.2 Å². The Balaban J connectivity index is 1.92. The molecule has 124 valence electrons. The molecule has 0 aliphatic rings. The minimum atomic E-state index is 0.483. The van der Waals surface area contributed by atoms with E-state index < -0.39 is 0 Å². The van der Waals surface area contributed by atoms with Gasteiger partial charge in [-0.15, -0.1) is 0 Å². The number of rotatable bonds is 8. The van der Waals surface area contributed by atoms with E-state index >= 15 is 0 Å². The highest BCUT2D eigenvalue weighted by Gasteiger charge is 2.06. The van der Waals surface area contributed by atoms with Gasteiger partial charge in [-0.25, -0.2) is 0 Å². The Kier molecular flexibility index (Phi) is 6.29. The Morgan fingerprint density at radius 1 is 0.870 bits per heavy atom. The molecule has 0 aliphatic heterocycles. The van der Waals surface area contributed by atoms with E-state index in [-0.39, 0.29) is 0 Å². The van der Waals surface area contributed by atoms with E-state index in [1.165, 1.54) is 11.1 Å². The molecule has 0 fully saturated rings. The van der Waals surface area contributed by atoms with Crippen LogP contribution in [0.3, 0.4) is 0 Å². The molecule has 0 saturated heterocycles. The summed E-state index contributed by atoms with van der Waals surface area (Å²) in [7, 11) is 3.57. The second-order valence-electron chi connectivity index (χ2n) is 5.52. The van der Waals surface area contributed by atoms with Crippen molar-refractivity contribution in [3.63, 3.8) is 0 Å².